The average molecular weight is 259 g/mol. The molecule has 6 heteroatoms. The average Bonchev–Trinajstić information content (AvgIpc) is 2.26. The van der Waals surface area contributed by atoms with Crippen LogP contribution in [0.2, 0.25) is 0 Å². The molecular weight excluding hydrogens is 249 g/mol. The van der Waals surface area contributed by atoms with Crippen LogP contribution in [0.15, 0.2) is 41.3 Å². The summed E-state index contributed by atoms with van der Waals surface area (Å²) in [5, 5.41) is 3.90. The molecule has 2 aromatic carbocycles. The molecule has 0 spiro atoms. The molecule has 0 aliphatic carbocycles. The van der Waals surface area contributed by atoms with Crippen LogP contribution in [0.4, 0.5) is 5.69 Å². The topological polar surface area (TPSA) is 69.2 Å². The summed E-state index contributed by atoms with van der Waals surface area (Å²) in [6.07, 6.45) is 0. The van der Waals surface area contributed by atoms with Crippen molar-refractivity contribution in [1.82, 2.24) is 0 Å². The van der Waals surface area contributed by atoms with Gasteiger partial charge in [0.15, 0.2) is 0 Å². The molecule has 0 saturated heterocycles. The first-order chi connectivity index (χ1) is 7.54. The molecule has 0 aliphatic heterocycles. The third kappa shape index (κ3) is 2.81. The Hall–Kier alpha value is -0.590. The van der Waals surface area contributed by atoms with E-state index in [0.717, 1.165) is 5.39 Å². The molecule has 0 unspecified atom stereocenters. The Bertz CT molecular complexity index is 640. The molecule has 0 fully saturated rings. The molecule has 2 aromatic rings. The van der Waals surface area contributed by atoms with Gasteiger partial charge >= 0.3 is 29.6 Å². The predicted molar refractivity (Wildman–Crippen MR) is 61.5 cm³/mol. The van der Waals surface area contributed by atoms with Crippen molar-refractivity contribution in [3.05, 3.63) is 36.4 Å². The molecule has 0 aromatic heterocycles. The maximum Gasteiger partial charge on any atom is 1.00 e. The van der Waals surface area contributed by atoms with Crippen LogP contribution in [0.25, 0.3) is 10.8 Å². The fraction of sp³-hybridized carbons (Fsp3) is 0.0909. The molecule has 2 rings (SSSR count). The van der Waals surface area contributed by atoms with Gasteiger partial charge in [-0.15, -0.1) is 0 Å². The van der Waals surface area contributed by atoms with Gasteiger partial charge < -0.3 is 9.87 Å². The van der Waals surface area contributed by atoms with E-state index >= 15 is 0 Å². The summed E-state index contributed by atoms with van der Waals surface area (Å²) in [5.74, 6) is 0. The minimum absolute atomic E-state index is 0. The van der Waals surface area contributed by atoms with Crippen LogP contribution in [0.1, 0.15) is 0 Å². The second-order valence-corrected chi connectivity index (χ2v) is 4.68. The zero-order valence-corrected chi connectivity index (χ0v) is 12.4. The van der Waals surface area contributed by atoms with Crippen LogP contribution < -0.4 is 34.9 Å². The van der Waals surface area contributed by atoms with E-state index < -0.39 is 10.1 Å². The summed E-state index contributed by atoms with van der Waals surface area (Å²) in [7, 11) is -2.90. The molecule has 0 amide bonds. The molecule has 0 bridgehead atoms. The summed E-state index contributed by atoms with van der Waals surface area (Å²) in [4.78, 5) is -0.187. The molecular formula is C11H10NNaO3S. The molecule has 0 aliphatic rings. The first-order valence-corrected chi connectivity index (χ1v) is 6.10. The van der Waals surface area contributed by atoms with E-state index in [4.69, 9.17) is 0 Å². The Morgan fingerprint density at radius 2 is 1.76 bits per heavy atom. The Labute approximate surface area is 122 Å². The van der Waals surface area contributed by atoms with E-state index in [1.54, 1.807) is 43.4 Å². The van der Waals surface area contributed by atoms with Crippen LogP contribution in [-0.4, -0.2) is 20.0 Å². The van der Waals surface area contributed by atoms with Crippen LogP contribution in [0.3, 0.4) is 0 Å². The third-order valence-corrected chi connectivity index (χ3v) is 3.34. The molecule has 17 heavy (non-hydrogen) atoms. The largest absolute Gasteiger partial charge is 1.00 e. The predicted octanol–water partition coefficient (Wildman–Crippen LogP) is -1.21. The first kappa shape index (κ1) is 14.5. The Morgan fingerprint density at radius 3 is 2.35 bits per heavy atom. The van der Waals surface area contributed by atoms with Gasteiger partial charge in [-0.1, -0.05) is 30.3 Å². The summed E-state index contributed by atoms with van der Waals surface area (Å²) in [6, 6.07) is 10.3. The fourth-order valence-electron chi connectivity index (χ4n) is 1.71. The van der Waals surface area contributed by atoms with Crippen molar-refractivity contribution in [2.75, 3.05) is 12.4 Å². The monoisotopic (exact) mass is 259 g/mol. The van der Waals surface area contributed by atoms with E-state index in [1.807, 2.05) is 0 Å². The zero-order chi connectivity index (χ0) is 11.8. The van der Waals surface area contributed by atoms with Gasteiger partial charge in [-0.05, 0) is 11.5 Å². The summed E-state index contributed by atoms with van der Waals surface area (Å²) in [5.41, 5.74) is 0.328. The SMILES string of the molecule is CNc1ccc2ccccc2c1S(=O)(=O)[O-].[Na+]. The van der Waals surface area contributed by atoms with E-state index in [-0.39, 0.29) is 34.5 Å². The standard InChI is InChI=1S/C11H11NO3S.Na/c1-12-10-7-6-8-4-2-3-5-9(8)11(10)16(13,14)15;/h2-7,12H,1H3,(H,13,14,15);/q;+1/p-1. The Kier molecular flexibility index (Phi) is 4.57. The van der Waals surface area contributed by atoms with Gasteiger partial charge in [0.1, 0.15) is 10.1 Å². The van der Waals surface area contributed by atoms with E-state index in [1.165, 1.54) is 0 Å². The molecule has 1 N–H and O–H groups in total. The molecule has 4 nitrogen and oxygen atoms in total. The maximum absolute atomic E-state index is 11.2. The third-order valence-electron chi connectivity index (χ3n) is 2.40. The fourth-order valence-corrected chi connectivity index (χ4v) is 2.60. The van der Waals surface area contributed by atoms with E-state index in [2.05, 4.69) is 5.32 Å². The van der Waals surface area contributed by atoms with Crippen molar-refractivity contribution in [3.8, 4) is 0 Å². The van der Waals surface area contributed by atoms with Gasteiger partial charge in [0.25, 0.3) is 0 Å². The number of fused-ring (bicyclic) bond motifs is 1. The summed E-state index contributed by atoms with van der Waals surface area (Å²) >= 11 is 0. The smallest absolute Gasteiger partial charge is 0.744 e. The molecule has 0 radical (unpaired) electrons. The quantitative estimate of drug-likeness (QED) is 0.543. The molecule has 0 atom stereocenters. The van der Waals surface area contributed by atoms with E-state index in [0.29, 0.717) is 11.1 Å². The van der Waals surface area contributed by atoms with Gasteiger partial charge in [-0.3, -0.25) is 0 Å². The minimum Gasteiger partial charge on any atom is -0.744 e. The van der Waals surface area contributed by atoms with Crippen molar-refractivity contribution >= 4 is 26.6 Å². The first-order valence-electron chi connectivity index (χ1n) is 4.69. The number of anilines is 1. The molecule has 84 valence electrons. The summed E-state index contributed by atoms with van der Waals surface area (Å²) < 4.78 is 33.7. The van der Waals surface area contributed by atoms with Gasteiger partial charge in [0.05, 0.1) is 10.6 Å². The molecule has 0 saturated carbocycles. The van der Waals surface area contributed by atoms with Crippen LogP contribution in [0, 0.1) is 0 Å². The van der Waals surface area contributed by atoms with Crippen molar-refractivity contribution in [3.63, 3.8) is 0 Å². The van der Waals surface area contributed by atoms with Crippen LogP contribution in [-0.2, 0) is 10.1 Å². The maximum atomic E-state index is 11.2. The number of nitrogens with one attached hydrogen (secondary N) is 1. The minimum atomic E-state index is -4.48. The van der Waals surface area contributed by atoms with Crippen LogP contribution in [0.5, 0.6) is 0 Å². The van der Waals surface area contributed by atoms with Gasteiger partial charge in [-0.25, -0.2) is 8.42 Å². The molecule has 0 heterocycles. The van der Waals surface area contributed by atoms with Crippen molar-refractivity contribution in [1.29, 1.82) is 0 Å². The van der Waals surface area contributed by atoms with E-state index in [9.17, 15) is 13.0 Å². The van der Waals surface area contributed by atoms with Crippen molar-refractivity contribution < 1.29 is 42.5 Å². The number of benzene rings is 2. The Morgan fingerprint density at radius 1 is 1.12 bits per heavy atom. The number of hydrogen-bond acceptors (Lipinski definition) is 4. The summed E-state index contributed by atoms with van der Waals surface area (Å²) in [6.45, 7) is 0. The zero-order valence-electron chi connectivity index (χ0n) is 9.60. The van der Waals surface area contributed by atoms with Gasteiger partial charge in [-0.2, -0.15) is 0 Å². The van der Waals surface area contributed by atoms with Crippen molar-refractivity contribution in [2.45, 2.75) is 4.90 Å². The number of hydrogen-bond donors (Lipinski definition) is 1. The van der Waals surface area contributed by atoms with Gasteiger partial charge in [0, 0.05) is 12.4 Å². The van der Waals surface area contributed by atoms with Crippen molar-refractivity contribution in [2.24, 2.45) is 0 Å². The van der Waals surface area contributed by atoms with Crippen LogP contribution >= 0.6 is 0 Å². The van der Waals surface area contributed by atoms with Gasteiger partial charge in [0.2, 0.25) is 0 Å². The second-order valence-electron chi connectivity index (χ2n) is 3.37. The number of rotatable bonds is 2. The normalized spacial score (nSPS) is 10.9. The second kappa shape index (κ2) is 5.37. The Balaban J connectivity index is 0.00000144.